The number of rotatable bonds is 3. The van der Waals surface area contributed by atoms with Crippen LogP contribution in [0.4, 0.5) is 0 Å². The van der Waals surface area contributed by atoms with E-state index < -0.39 is 12.6 Å². The van der Waals surface area contributed by atoms with Crippen LogP contribution < -0.4 is 4.74 Å². The highest BCUT2D eigenvalue weighted by Gasteiger charge is 2.05. The van der Waals surface area contributed by atoms with E-state index in [2.05, 4.69) is 15.9 Å². The summed E-state index contributed by atoms with van der Waals surface area (Å²) in [6.45, 7) is -0.453. The van der Waals surface area contributed by atoms with Gasteiger partial charge in [-0.2, -0.15) is 5.26 Å². The molecule has 1 aromatic carbocycles. The lowest BCUT2D eigenvalue weighted by molar-refractivity contribution is -0.139. The summed E-state index contributed by atoms with van der Waals surface area (Å²) in [5.41, 5.74) is 0.314. The average Bonchev–Trinajstić information content (AvgIpc) is 2.15. The SMILES string of the molecule is N#Cc1ccc(Br)cc1OCC(=O)O. The molecular weight excluding hydrogens is 250 g/mol. The Morgan fingerprint density at radius 3 is 2.93 bits per heavy atom. The van der Waals surface area contributed by atoms with Gasteiger partial charge in [-0.25, -0.2) is 4.79 Å². The van der Waals surface area contributed by atoms with Crippen LogP contribution >= 0.6 is 15.9 Å². The van der Waals surface area contributed by atoms with Crippen LogP contribution in [-0.4, -0.2) is 17.7 Å². The molecule has 0 fully saturated rings. The zero-order valence-corrected chi connectivity index (χ0v) is 8.61. The van der Waals surface area contributed by atoms with E-state index in [1.54, 1.807) is 18.2 Å². The van der Waals surface area contributed by atoms with Gasteiger partial charge in [0.05, 0.1) is 5.56 Å². The van der Waals surface area contributed by atoms with Crippen LogP contribution in [0.2, 0.25) is 0 Å². The van der Waals surface area contributed by atoms with Crippen molar-refractivity contribution in [2.75, 3.05) is 6.61 Å². The number of halogens is 1. The predicted octanol–water partition coefficient (Wildman–Crippen LogP) is 1.78. The van der Waals surface area contributed by atoms with Crippen molar-refractivity contribution in [1.29, 1.82) is 5.26 Å². The molecule has 0 aliphatic carbocycles. The highest BCUT2D eigenvalue weighted by Crippen LogP contribution is 2.22. The monoisotopic (exact) mass is 255 g/mol. The lowest BCUT2D eigenvalue weighted by Crippen LogP contribution is -2.10. The van der Waals surface area contributed by atoms with Crippen molar-refractivity contribution in [2.45, 2.75) is 0 Å². The normalized spacial score (nSPS) is 9.14. The first-order chi connectivity index (χ1) is 6.63. The summed E-state index contributed by atoms with van der Waals surface area (Å²) >= 11 is 3.20. The van der Waals surface area contributed by atoms with Crippen LogP contribution in [0.15, 0.2) is 22.7 Å². The van der Waals surface area contributed by atoms with Gasteiger partial charge in [-0.1, -0.05) is 15.9 Å². The number of benzene rings is 1. The number of carboxylic acids is 1. The number of carbonyl (C=O) groups is 1. The van der Waals surface area contributed by atoms with Gasteiger partial charge in [-0.3, -0.25) is 0 Å². The van der Waals surface area contributed by atoms with E-state index in [9.17, 15) is 4.79 Å². The molecule has 0 saturated carbocycles. The van der Waals surface area contributed by atoms with Crippen molar-refractivity contribution in [1.82, 2.24) is 0 Å². The van der Waals surface area contributed by atoms with E-state index in [4.69, 9.17) is 15.1 Å². The Kier molecular flexibility index (Phi) is 3.48. The molecule has 1 rings (SSSR count). The van der Waals surface area contributed by atoms with Crippen LogP contribution in [0.25, 0.3) is 0 Å². The third-order valence-electron chi connectivity index (χ3n) is 1.42. The Balaban J connectivity index is 2.89. The number of hydrogen-bond donors (Lipinski definition) is 1. The second kappa shape index (κ2) is 4.63. The summed E-state index contributed by atoms with van der Waals surface area (Å²) in [6.07, 6.45) is 0. The molecule has 1 aromatic rings. The minimum absolute atomic E-state index is 0.268. The van der Waals surface area contributed by atoms with Crippen LogP contribution in [-0.2, 0) is 4.79 Å². The van der Waals surface area contributed by atoms with Gasteiger partial charge in [0.1, 0.15) is 11.8 Å². The summed E-state index contributed by atoms with van der Waals surface area (Å²) in [7, 11) is 0. The van der Waals surface area contributed by atoms with Crippen molar-refractivity contribution in [3.05, 3.63) is 28.2 Å². The van der Waals surface area contributed by atoms with Gasteiger partial charge in [-0.15, -0.1) is 0 Å². The Hall–Kier alpha value is -1.54. The fraction of sp³-hybridized carbons (Fsp3) is 0.111. The lowest BCUT2D eigenvalue weighted by Gasteiger charge is -2.04. The molecule has 5 heteroatoms. The second-order valence-corrected chi connectivity index (χ2v) is 3.35. The average molecular weight is 256 g/mol. The molecule has 0 bridgehead atoms. The van der Waals surface area contributed by atoms with Crippen LogP contribution in [0.1, 0.15) is 5.56 Å². The Morgan fingerprint density at radius 1 is 1.64 bits per heavy atom. The van der Waals surface area contributed by atoms with Gasteiger partial charge in [0.2, 0.25) is 0 Å². The molecule has 0 aliphatic rings. The summed E-state index contributed by atoms with van der Waals surface area (Å²) in [6, 6.07) is 6.71. The Labute approximate surface area is 88.9 Å². The fourth-order valence-corrected chi connectivity index (χ4v) is 1.19. The topological polar surface area (TPSA) is 70.3 Å². The van der Waals surface area contributed by atoms with E-state index in [1.165, 1.54) is 0 Å². The van der Waals surface area contributed by atoms with Gasteiger partial charge < -0.3 is 9.84 Å². The molecule has 0 amide bonds. The van der Waals surface area contributed by atoms with Crippen molar-refractivity contribution in [3.63, 3.8) is 0 Å². The van der Waals surface area contributed by atoms with E-state index in [0.717, 1.165) is 4.47 Å². The fourth-order valence-electron chi connectivity index (χ4n) is 0.847. The zero-order valence-electron chi connectivity index (χ0n) is 7.03. The van der Waals surface area contributed by atoms with Gasteiger partial charge >= 0.3 is 5.97 Å². The molecule has 14 heavy (non-hydrogen) atoms. The first-order valence-corrected chi connectivity index (χ1v) is 4.47. The number of hydrogen-bond acceptors (Lipinski definition) is 3. The van der Waals surface area contributed by atoms with Crippen molar-refractivity contribution >= 4 is 21.9 Å². The Morgan fingerprint density at radius 2 is 2.36 bits per heavy atom. The molecule has 0 spiro atoms. The minimum atomic E-state index is -1.08. The molecule has 4 nitrogen and oxygen atoms in total. The highest BCUT2D eigenvalue weighted by atomic mass is 79.9. The summed E-state index contributed by atoms with van der Waals surface area (Å²) in [5, 5.41) is 17.1. The van der Waals surface area contributed by atoms with Crippen molar-refractivity contribution in [3.8, 4) is 11.8 Å². The lowest BCUT2D eigenvalue weighted by atomic mass is 10.2. The third-order valence-corrected chi connectivity index (χ3v) is 1.91. The zero-order chi connectivity index (χ0) is 10.6. The molecular formula is C9H6BrNO3. The number of carboxylic acid groups (broad SMARTS) is 1. The summed E-state index contributed by atoms with van der Waals surface area (Å²) in [5.74, 6) is -0.807. The quantitative estimate of drug-likeness (QED) is 0.894. The Bertz CT molecular complexity index is 398. The van der Waals surface area contributed by atoms with E-state index in [1.807, 2.05) is 6.07 Å². The first kappa shape index (κ1) is 10.5. The third kappa shape index (κ3) is 2.75. The number of nitriles is 1. The molecule has 0 atom stereocenters. The minimum Gasteiger partial charge on any atom is -0.480 e. The van der Waals surface area contributed by atoms with E-state index in [0.29, 0.717) is 5.56 Å². The molecule has 72 valence electrons. The molecule has 0 aliphatic heterocycles. The van der Waals surface area contributed by atoms with Gasteiger partial charge in [0.15, 0.2) is 6.61 Å². The summed E-state index contributed by atoms with van der Waals surface area (Å²) in [4.78, 5) is 10.2. The molecule has 0 aromatic heterocycles. The molecule has 1 N–H and O–H groups in total. The molecule has 0 saturated heterocycles. The number of aliphatic carboxylic acids is 1. The van der Waals surface area contributed by atoms with Crippen LogP contribution in [0.3, 0.4) is 0 Å². The molecule has 0 radical (unpaired) electrons. The molecule has 0 heterocycles. The highest BCUT2D eigenvalue weighted by molar-refractivity contribution is 9.10. The van der Waals surface area contributed by atoms with Crippen molar-refractivity contribution < 1.29 is 14.6 Å². The van der Waals surface area contributed by atoms with Crippen LogP contribution in [0.5, 0.6) is 5.75 Å². The number of ether oxygens (including phenoxy) is 1. The summed E-state index contributed by atoms with van der Waals surface area (Å²) < 4.78 is 5.65. The predicted molar refractivity (Wildman–Crippen MR) is 52.0 cm³/mol. The maximum atomic E-state index is 10.2. The van der Waals surface area contributed by atoms with Gasteiger partial charge in [0, 0.05) is 4.47 Å². The van der Waals surface area contributed by atoms with E-state index >= 15 is 0 Å². The second-order valence-electron chi connectivity index (χ2n) is 2.43. The van der Waals surface area contributed by atoms with Gasteiger partial charge in [0.25, 0.3) is 0 Å². The smallest absolute Gasteiger partial charge is 0.341 e. The van der Waals surface area contributed by atoms with E-state index in [-0.39, 0.29) is 5.75 Å². The molecule has 0 unspecified atom stereocenters. The maximum absolute atomic E-state index is 10.2. The maximum Gasteiger partial charge on any atom is 0.341 e. The number of nitrogens with zero attached hydrogens (tertiary/aromatic N) is 1. The van der Waals surface area contributed by atoms with Gasteiger partial charge in [-0.05, 0) is 18.2 Å². The first-order valence-electron chi connectivity index (χ1n) is 3.67. The van der Waals surface area contributed by atoms with Crippen LogP contribution in [0, 0.1) is 11.3 Å². The van der Waals surface area contributed by atoms with Crippen molar-refractivity contribution in [2.24, 2.45) is 0 Å². The largest absolute Gasteiger partial charge is 0.480 e. The standard InChI is InChI=1S/C9H6BrNO3/c10-7-2-1-6(4-11)8(3-7)14-5-9(12)13/h1-3H,5H2,(H,12,13).